The minimum absolute atomic E-state index is 0.188. The van der Waals surface area contributed by atoms with Gasteiger partial charge < -0.3 is 14.5 Å². The van der Waals surface area contributed by atoms with Gasteiger partial charge in [-0.05, 0) is 66.4 Å². The minimum atomic E-state index is -0.188. The molecule has 140 valence electrons. The number of rotatable bonds is 5. The first-order chi connectivity index (χ1) is 12.8. The first-order valence-corrected chi connectivity index (χ1v) is 9.38. The van der Waals surface area contributed by atoms with Crippen LogP contribution in [0.1, 0.15) is 38.6 Å². The zero-order valence-electron chi connectivity index (χ0n) is 15.7. The monoisotopic (exact) mass is 428 g/mol. The van der Waals surface area contributed by atoms with Gasteiger partial charge in [0.25, 0.3) is 5.91 Å². The number of aromatic nitrogens is 1. The molecule has 6 heteroatoms. The Hall–Kier alpha value is -2.60. The van der Waals surface area contributed by atoms with E-state index in [1.165, 1.54) is 0 Å². The lowest BCUT2D eigenvalue weighted by Gasteiger charge is -2.09. The molecule has 0 aliphatic heterocycles. The van der Waals surface area contributed by atoms with E-state index in [9.17, 15) is 4.79 Å². The van der Waals surface area contributed by atoms with Crippen molar-refractivity contribution < 1.29 is 13.9 Å². The van der Waals surface area contributed by atoms with Gasteiger partial charge in [-0.15, -0.1) is 0 Å². The van der Waals surface area contributed by atoms with Gasteiger partial charge in [-0.25, -0.2) is 4.98 Å². The Labute approximate surface area is 166 Å². The Morgan fingerprint density at radius 1 is 1.15 bits per heavy atom. The van der Waals surface area contributed by atoms with Gasteiger partial charge in [0, 0.05) is 18.8 Å². The summed E-state index contributed by atoms with van der Waals surface area (Å²) in [5, 5.41) is 2.89. The van der Waals surface area contributed by atoms with Gasteiger partial charge in [0.15, 0.2) is 0 Å². The molecule has 0 unspecified atom stereocenters. The Kier molecular flexibility index (Phi) is 5.65. The van der Waals surface area contributed by atoms with Crippen molar-refractivity contribution in [2.45, 2.75) is 34.2 Å². The van der Waals surface area contributed by atoms with Gasteiger partial charge >= 0.3 is 0 Å². The molecule has 1 aromatic carbocycles. The van der Waals surface area contributed by atoms with Crippen molar-refractivity contribution in [2.24, 2.45) is 0 Å². The van der Waals surface area contributed by atoms with Gasteiger partial charge in [0.2, 0.25) is 5.88 Å². The molecule has 1 amide bonds. The van der Waals surface area contributed by atoms with E-state index in [0.29, 0.717) is 34.0 Å². The zero-order valence-corrected chi connectivity index (χ0v) is 17.3. The van der Waals surface area contributed by atoms with E-state index in [-0.39, 0.29) is 5.91 Å². The van der Waals surface area contributed by atoms with Gasteiger partial charge in [-0.3, -0.25) is 4.79 Å². The third kappa shape index (κ3) is 4.39. The summed E-state index contributed by atoms with van der Waals surface area (Å²) < 4.78 is 12.0. The Morgan fingerprint density at radius 2 is 1.93 bits per heavy atom. The van der Waals surface area contributed by atoms with E-state index in [1.54, 1.807) is 19.2 Å². The van der Waals surface area contributed by atoms with Crippen LogP contribution < -0.4 is 10.1 Å². The van der Waals surface area contributed by atoms with E-state index in [4.69, 9.17) is 9.15 Å². The van der Waals surface area contributed by atoms with E-state index in [1.807, 2.05) is 45.0 Å². The molecule has 0 fully saturated rings. The minimum Gasteiger partial charge on any atom is -0.465 e. The summed E-state index contributed by atoms with van der Waals surface area (Å²) in [6.45, 7) is 7.97. The molecule has 3 aromatic rings. The second-order valence-corrected chi connectivity index (χ2v) is 7.25. The molecule has 0 saturated heterocycles. The van der Waals surface area contributed by atoms with Crippen molar-refractivity contribution in [1.82, 2.24) is 10.3 Å². The fraction of sp³-hybridized carbons (Fsp3) is 0.238. The summed E-state index contributed by atoms with van der Waals surface area (Å²) in [5.74, 6) is 2.40. The van der Waals surface area contributed by atoms with Crippen LogP contribution in [0.15, 0.2) is 45.4 Å². The molecule has 5 nitrogen and oxygen atoms in total. The van der Waals surface area contributed by atoms with Crippen LogP contribution in [0.5, 0.6) is 11.6 Å². The van der Waals surface area contributed by atoms with Gasteiger partial charge in [0.05, 0.1) is 10.0 Å². The molecule has 0 atom stereocenters. The number of nitrogens with zero attached hydrogens (tertiary/aromatic N) is 1. The number of halogens is 1. The summed E-state index contributed by atoms with van der Waals surface area (Å²) in [6, 6.07) is 9.73. The lowest BCUT2D eigenvalue weighted by molar-refractivity contribution is 0.0948. The first-order valence-electron chi connectivity index (χ1n) is 8.59. The second-order valence-electron chi connectivity index (χ2n) is 6.46. The lowest BCUT2D eigenvalue weighted by atomic mass is 10.1. The summed E-state index contributed by atoms with van der Waals surface area (Å²) in [6.07, 6.45) is 1.70. The highest BCUT2D eigenvalue weighted by Gasteiger charge is 2.19. The smallest absolute Gasteiger partial charge is 0.256 e. The fourth-order valence-electron chi connectivity index (χ4n) is 2.69. The van der Waals surface area contributed by atoms with Crippen LogP contribution in [0.3, 0.4) is 0 Å². The van der Waals surface area contributed by atoms with E-state index in [0.717, 1.165) is 22.4 Å². The van der Waals surface area contributed by atoms with E-state index >= 15 is 0 Å². The molecule has 2 aromatic heterocycles. The molecular formula is C21H21BrN2O3. The van der Waals surface area contributed by atoms with Gasteiger partial charge in [0.1, 0.15) is 17.3 Å². The Bertz CT molecular complexity index is 978. The Balaban J connectivity index is 1.64. The molecular weight excluding hydrogens is 408 g/mol. The van der Waals surface area contributed by atoms with Crippen molar-refractivity contribution >= 4 is 21.8 Å². The number of amides is 1. The highest BCUT2D eigenvalue weighted by atomic mass is 79.9. The van der Waals surface area contributed by atoms with Crippen molar-refractivity contribution in [3.05, 3.63) is 74.8 Å². The van der Waals surface area contributed by atoms with Crippen LogP contribution in [0.25, 0.3) is 0 Å². The van der Waals surface area contributed by atoms with Crippen molar-refractivity contribution in [3.8, 4) is 11.6 Å². The van der Waals surface area contributed by atoms with Crippen LogP contribution in [0.4, 0.5) is 0 Å². The summed E-state index contributed by atoms with van der Waals surface area (Å²) in [7, 11) is 0. The predicted molar refractivity (Wildman–Crippen MR) is 107 cm³/mol. The number of furan rings is 1. The quantitative estimate of drug-likeness (QED) is 0.591. The topological polar surface area (TPSA) is 64.4 Å². The number of aryl methyl sites for hydroxylation is 4. The van der Waals surface area contributed by atoms with Crippen LogP contribution >= 0.6 is 15.9 Å². The molecule has 0 aliphatic carbocycles. The van der Waals surface area contributed by atoms with Crippen molar-refractivity contribution in [2.75, 3.05) is 0 Å². The third-order valence-corrected chi connectivity index (χ3v) is 5.18. The molecule has 0 bridgehead atoms. The fourth-order valence-corrected chi connectivity index (χ4v) is 3.23. The zero-order chi connectivity index (χ0) is 19.6. The van der Waals surface area contributed by atoms with Crippen molar-refractivity contribution in [3.63, 3.8) is 0 Å². The molecule has 2 heterocycles. The first kappa shape index (κ1) is 19.2. The lowest BCUT2D eigenvalue weighted by Crippen LogP contribution is -2.23. The second kappa shape index (κ2) is 7.96. The molecule has 0 spiro atoms. The molecule has 3 rings (SSSR count). The largest absolute Gasteiger partial charge is 0.465 e. The number of ether oxygens (including phenoxy) is 1. The third-order valence-electron chi connectivity index (χ3n) is 4.22. The number of hydrogen-bond donors (Lipinski definition) is 1. The normalized spacial score (nSPS) is 10.7. The number of benzene rings is 1. The summed E-state index contributed by atoms with van der Waals surface area (Å²) in [4.78, 5) is 16.7. The van der Waals surface area contributed by atoms with Crippen LogP contribution in [-0.2, 0) is 6.54 Å². The average molecular weight is 429 g/mol. The predicted octanol–water partition coefficient (Wildman–Crippen LogP) is 5.39. The van der Waals surface area contributed by atoms with Crippen LogP contribution in [0.2, 0.25) is 0 Å². The van der Waals surface area contributed by atoms with Crippen molar-refractivity contribution in [1.29, 1.82) is 0 Å². The number of carbonyl (C=O) groups is 1. The molecule has 27 heavy (non-hydrogen) atoms. The number of carbonyl (C=O) groups excluding carboxylic acids is 1. The number of pyridine rings is 1. The maximum Gasteiger partial charge on any atom is 0.256 e. The van der Waals surface area contributed by atoms with Gasteiger partial charge in [-0.1, -0.05) is 18.2 Å². The van der Waals surface area contributed by atoms with Crippen LogP contribution in [0, 0.1) is 27.7 Å². The number of nitrogens with one attached hydrogen (secondary N) is 1. The van der Waals surface area contributed by atoms with E-state index in [2.05, 4.69) is 26.2 Å². The SMILES string of the molecule is Cc1ccc(C)c(Oc2ccc(CNC(=O)c3c(C)oc(C)c3Br)cn2)c1. The molecule has 0 radical (unpaired) electrons. The molecule has 0 saturated carbocycles. The highest BCUT2D eigenvalue weighted by Crippen LogP contribution is 2.27. The standard InChI is InChI=1S/C21H21BrN2O3/c1-12-5-6-13(2)17(9-12)27-18-8-7-16(10-23-18)11-24-21(25)19-14(3)26-15(4)20(19)22/h5-10H,11H2,1-4H3,(H,24,25). The maximum absolute atomic E-state index is 12.4. The molecule has 1 N–H and O–H groups in total. The maximum atomic E-state index is 12.4. The average Bonchev–Trinajstić information content (AvgIpc) is 2.89. The van der Waals surface area contributed by atoms with E-state index < -0.39 is 0 Å². The van der Waals surface area contributed by atoms with Gasteiger partial charge in [-0.2, -0.15) is 0 Å². The molecule has 0 aliphatic rings. The number of hydrogen-bond acceptors (Lipinski definition) is 4. The van der Waals surface area contributed by atoms with Crippen LogP contribution in [-0.4, -0.2) is 10.9 Å². The summed E-state index contributed by atoms with van der Waals surface area (Å²) in [5.41, 5.74) is 3.59. The highest BCUT2D eigenvalue weighted by molar-refractivity contribution is 9.10. The summed E-state index contributed by atoms with van der Waals surface area (Å²) >= 11 is 3.40. The Morgan fingerprint density at radius 3 is 2.56 bits per heavy atom.